The van der Waals surface area contributed by atoms with Crippen LogP contribution in [0.3, 0.4) is 0 Å². The van der Waals surface area contributed by atoms with Crippen LogP contribution in [-0.2, 0) is 11.4 Å². The molecule has 9 heteroatoms. The number of likely N-dealkylation sites (N-methyl/N-ethyl adjacent to an activating group) is 1. The van der Waals surface area contributed by atoms with Gasteiger partial charge in [-0.25, -0.2) is 0 Å². The summed E-state index contributed by atoms with van der Waals surface area (Å²) in [6, 6.07) is 7.65. The summed E-state index contributed by atoms with van der Waals surface area (Å²) in [7, 11) is 2.08. The first-order valence-electron chi connectivity index (χ1n) is 10.4. The summed E-state index contributed by atoms with van der Waals surface area (Å²) in [6.07, 6.45) is 1.90. The van der Waals surface area contributed by atoms with Crippen LogP contribution in [0.4, 0.5) is 0 Å². The Morgan fingerprint density at radius 2 is 1.87 bits per heavy atom. The minimum absolute atomic E-state index is 0.154. The number of para-hydroxylation sites is 1. The van der Waals surface area contributed by atoms with Crippen LogP contribution in [0.5, 0.6) is 5.75 Å². The maximum absolute atomic E-state index is 12.6. The maximum atomic E-state index is 12.6. The lowest BCUT2D eigenvalue weighted by atomic mass is 10.2. The van der Waals surface area contributed by atoms with Crippen molar-refractivity contribution in [3.8, 4) is 5.75 Å². The highest BCUT2D eigenvalue weighted by Crippen LogP contribution is 2.28. The van der Waals surface area contributed by atoms with E-state index in [0.717, 1.165) is 50.0 Å². The molecule has 1 aliphatic rings. The number of ether oxygens (including phenoxy) is 1. The highest BCUT2D eigenvalue weighted by atomic mass is 35.5. The minimum atomic E-state index is 0.154. The molecule has 3 rings (SSSR count). The Bertz CT molecular complexity index is 835. The molecule has 1 aromatic heterocycles. The summed E-state index contributed by atoms with van der Waals surface area (Å²) in [5, 5.41) is 10.1. The van der Waals surface area contributed by atoms with Crippen LogP contribution in [0, 0.1) is 0 Å². The zero-order valence-corrected chi connectivity index (χ0v) is 19.5. The van der Waals surface area contributed by atoms with Gasteiger partial charge in [0.05, 0.1) is 10.8 Å². The Hall–Kier alpha value is -1.77. The third-order valence-corrected chi connectivity index (χ3v) is 6.66. The first-order valence-corrected chi connectivity index (χ1v) is 11.8. The van der Waals surface area contributed by atoms with Crippen LogP contribution in [0.2, 0.25) is 5.02 Å². The molecule has 1 amide bonds. The lowest BCUT2D eigenvalue weighted by Gasteiger charge is -2.32. The van der Waals surface area contributed by atoms with Gasteiger partial charge in [-0.2, -0.15) is 0 Å². The number of nitrogens with zero attached hydrogens (tertiary/aromatic N) is 5. The van der Waals surface area contributed by atoms with Crippen molar-refractivity contribution in [2.24, 2.45) is 0 Å². The molecule has 1 aromatic carbocycles. The van der Waals surface area contributed by atoms with Crippen molar-refractivity contribution in [3.05, 3.63) is 35.1 Å². The number of hydrogen-bond acceptors (Lipinski definition) is 6. The van der Waals surface area contributed by atoms with Gasteiger partial charge in [0.1, 0.15) is 12.4 Å². The van der Waals surface area contributed by atoms with Gasteiger partial charge in [0.15, 0.2) is 11.0 Å². The average molecular weight is 452 g/mol. The third-order valence-electron chi connectivity index (χ3n) is 5.42. The van der Waals surface area contributed by atoms with Crippen LogP contribution >= 0.6 is 23.4 Å². The SMILES string of the molecule is CCC(CC)n1c(COc2ccccc2Cl)nnc1SCC(=O)N1CCN(C)CC1. The Labute approximate surface area is 187 Å². The maximum Gasteiger partial charge on any atom is 0.233 e. The van der Waals surface area contributed by atoms with Crippen LogP contribution in [0.1, 0.15) is 38.6 Å². The van der Waals surface area contributed by atoms with E-state index in [1.54, 1.807) is 6.07 Å². The molecule has 0 radical (unpaired) electrons. The van der Waals surface area contributed by atoms with E-state index in [2.05, 4.69) is 40.6 Å². The average Bonchev–Trinajstić information content (AvgIpc) is 3.15. The van der Waals surface area contributed by atoms with Gasteiger partial charge in [-0.15, -0.1) is 10.2 Å². The van der Waals surface area contributed by atoms with Gasteiger partial charge in [0, 0.05) is 32.2 Å². The summed E-state index contributed by atoms with van der Waals surface area (Å²) in [6.45, 7) is 7.99. The van der Waals surface area contributed by atoms with E-state index < -0.39 is 0 Å². The Kier molecular flexibility index (Phi) is 8.41. The smallest absolute Gasteiger partial charge is 0.233 e. The molecule has 2 aromatic rings. The molecule has 0 unspecified atom stereocenters. The molecule has 1 saturated heterocycles. The van der Waals surface area contributed by atoms with Crippen molar-refractivity contribution in [2.75, 3.05) is 39.0 Å². The number of halogens is 1. The number of thioether (sulfide) groups is 1. The standard InChI is InChI=1S/C21H30ClN5O2S/c1-4-16(5-2)27-19(14-29-18-9-7-6-8-17(18)22)23-24-21(27)30-15-20(28)26-12-10-25(3)11-13-26/h6-9,16H,4-5,10-15H2,1-3H3. The van der Waals surface area contributed by atoms with Crippen molar-refractivity contribution in [3.63, 3.8) is 0 Å². The van der Waals surface area contributed by atoms with Gasteiger partial charge in [0.25, 0.3) is 0 Å². The van der Waals surface area contributed by atoms with Crippen molar-refractivity contribution >= 4 is 29.3 Å². The molecule has 0 spiro atoms. The number of carbonyl (C=O) groups is 1. The Morgan fingerprint density at radius 1 is 1.17 bits per heavy atom. The molecule has 0 atom stereocenters. The van der Waals surface area contributed by atoms with Gasteiger partial charge >= 0.3 is 0 Å². The number of piperazine rings is 1. The fraction of sp³-hybridized carbons (Fsp3) is 0.571. The summed E-state index contributed by atoms with van der Waals surface area (Å²) in [5.41, 5.74) is 0. The number of benzene rings is 1. The van der Waals surface area contributed by atoms with E-state index in [0.29, 0.717) is 16.5 Å². The number of amides is 1. The molecule has 0 saturated carbocycles. The molecule has 1 aliphatic heterocycles. The quantitative estimate of drug-likeness (QED) is 0.541. The van der Waals surface area contributed by atoms with E-state index in [1.807, 2.05) is 23.1 Å². The van der Waals surface area contributed by atoms with Crippen molar-refractivity contribution in [1.29, 1.82) is 0 Å². The van der Waals surface area contributed by atoms with Gasteiger partial charge in [-0.05, 0) is 32.0 Å². The van der Waals surface area contributed by atoms with E-state index >= 15 is 0 Å². The first kappa shape index (κ1) is 22.9. The summed E-state index contributed by atoms with van der Waals surface area (Å²) >= 11 is 7.66. The lowest BCUT2D eigenvalue weighted by Crippen LogP contribution is -2.47. The topological polar surface area (TPSA) is 63.5 Å². The second-order valence-corrected chi connectivity index (χ2v) is 8.78. The highest BCUT2D eigenvalue weighted by molar-refractivity contribution is 7.99. The van der Waals surface area contributed by atoms with Gasteiger partial charge in [0.2, 0.25) is 5.91 Å². The molecule has 0 bridgehead atoms. The van der Waals surface area contributed by atoms with E-state index in [9.17, 15) is 4.79 Å². The molecule has 30 heavy (non-hydrogen) atoms. The predicted octanol–water partition coefficient (Wildman–Crippen LogP) is 3.74. The molecular weight excluding hydrogens is 422 g/mol. The lowest BCUT2D eigenvalue weighted by molar-refractivity contribution is -0.129. The predicted molar refractivity (Wildman–Crippen MR) is 120 cm³/mol. The van der Waals surface area contributed by atoms with Crippen LogP contribution in [0.15, 0.2) is 29.4 Å². The monoisotopic (exact) mass is 451 g/mol. The number of carbonyl (C=O) groups excluding carboxylic acids is 1. The van der Waals surface area contributed by atoms with E-state index in [4.69, 9.17) is 16.3 Å². The summed E-state index contributed by atoms with van der Waals surface area (Å²) in [4.78, 5) is 16.8. The number of aromatic nitrogens is 3. The molecule has 7 nitrogen and oxygen atoms in total. The van der Waals surface area contributed by atoms with Gasteiger partial charge < -0.3 is 19.1 Å². The van der Waals surface area contributed by atoms with Crippen molar-refractivity contribution in [1.82, 2.24) is 24.6 Å². The first-order chi connectivity index (χ1) is 14.5. The molecule has 0 N–H and O–H groups in total. The van der Waals surface area contributed by atoms with Gasteiger partial charge in [-0.1, -0.05) is 49.3 Å². The van der Waals surface area contributed by atoms with Gasteiger partial charge in [-0.3, -0.25) is 4.79 Å². The third kappa shape index (κ3) is 5.68. The summed E-state index contributed by atoms with van der Waals surface area (Å²) < 4.78 is 8.03. The molecule has 164 valence electrons. The zero-order chi connectivity index (χ0) is 21.5. The molecule has 0 aliphatic carbocycles. The fourth-order valence-corrected chi connectivity index (χ4v) is 4.62. The van der Waals surface area contributed by atoms with E-state index in [-0.39, 0.29) is 18.6 Å². The van der Waals surface area contributed by atoms with Crippen LogP contribution < -0.4 is 4.74 Å². The largest absolute Gasteiger partial charge is 0.484 e. The number of hydrogen-bond donors (Lipinski definition) is 0. The van der Waals surface area contributed by atoms with Crippen LogP contribution in [0.25, 0.3) is 0 Å². The second-order valence-electron chi connectivity index (χ2n) is 7.43. The molecular formula is C21H30ClN5O2S. The molecule has 1 fully saturated rings. The number of rotatable bonds is 9. The van der Waals surface area contributed by atoms with E-state index in [1.165, 1.54) is 11.8 Å². The Balaban J connectivity index is 1.69. The van der Waals surface area contributed by atoms with Crippen LogP contribution in [-0.4, -0.2) is 69.5 Å². The minimum Gasteiger partial charge on any atom is -0.484 e. The molecule has 2 heterocycles. The van der Waals surface area contributed by atoms with Crippen molar-refractivity contribution in [2.45, 2.75) is 44.5 Å². The second kappa shape index (κ2) is 11.0. The fourth-order valence-electron chi connectivity index (χ4n) is 3.50. The summed E-state index contributed by atoms with van der Waals surface area (Å²) in [5.74, 6) is 1.89. The normalized spacial score (nSPS) is 15.0. The highest BCUT2D eigenvalue weighted by Gasteiger charge is 2.23. The zero-order valence-electron chi connectivity index (χ0n) is 17.9. The van der Waals surface area contributed by atoms with Crippen molar-refractivity contribution < 1.29 is 9.53 Å². The Morgan fingerprint density at radius 3 is 2.53 bits per heavy atom.